The Hall–Kier alpha value is 0.220. The third-order valence-electron chi connectivity index (χ3n) is 4.85. The van der Waals surface area contributed by atoms with Crippen molar-refractivity contribution in [3.63, 3.8) is 0 Å². The van der Waals surface area contributed by atoms with Crippen LogP contribution in [0.5, 0.6) is 5.75 Å². The normalized spacial score (nSPS) is 11.6. The minimum atomic E-state index is -6.11. The molecule has 0 aliphatic rings. The van der Waals surface area contributed by atoms with E-state index in [4.69, 9.17) is 4.74 Å². The van der Waals surface area contributed by atoms with E-state index in [2.05, 4.69) is 55.2 Å². The number of nitrogens with one attached hydrogen (secondary N) is 1. The lowest BCUT2D eigenvalue weighted by Gasteiger charge is -2.20. The van der Waals surface area contributed by atoms with Crippen LogP contribution in [0.2, 0.25) is 0 Å². The summed E-state index contributed by atoms with van der Waals surface area (Å²) in [6.07, 6.45) is 0. The highest BCUT2D eigenvalue weighted by Gasteiger charge is 2.39. The lowest BCUT2D eigenvalue weighted by atomic mass is 10.1. The summed E-state index contributed by atoms with van der Waals surface area (Å²) < 4.78 is 73.7. The zero-order chi connectivity index (χ0) is 30.9. The average molecular weight is 1260 g/mol. The maximum Gasteiger partial charge on any atom is 0.367 e. The van der Waals surface area contributed by atoms with Crippen LogP contribution in [-0.4, -0.2) is 42.7 Å². The first-order chi connectivity index (χ1) is 18.9. The Labute approximate surface area is 313 Å². The van der Waals surface area contributed by atoms with Crippen LogP contribution in [0.15, 0.2) is 42.5 Å². The molecule has 0 radical (unpaired) electrons. The lowest BCUT2D eigenvalue weighted by molar-refractivity contribution is -0.0101. The van der Waals surface area contributed by atoms with Crippen LogP contribution in [0.25, 0.3) is 0 Å². The monoisotopic (exact) mass is 1260 g/mol. The predicted octanol–water partition coefficient (Wildman–Crippen LogP) is 7.08. The Kier molecular flexibility index (Phi) is 12.7. The molecule has 18 heteroatoms. The van der Waals surface area contributed by atoms with Gasteiger partial charge in [-0.05, 0) is 172 Å². The number of esters is 2. The fraction of sp³-hybridized carbons (Fsp3) is 0.0870. The summed E-state index contributed by atoms with van der Waals surface area (Å²) in [7, 11) is -6.11. The van der Waals surface area contributed by atoms with Crippen molar-refractivity contribution in [3.05, 3.63) is 80.6 Å². The molecular formula is C23H10F2I6NO8S-. The molecule has 0 aromatic heterocycles. The number of carbonyl (C=O) groups excluding carboxylic acids is 3. The summed E-state index contributed by atoms with van der Waals surface area (Å²) in [5, 5.41) is -2.25. The summed E-state index contributed by atoms with van der Waals surface area (Å²) in [6, 6.07) is 10.3. The number of hydrogen-bond acceptors (Lipinski definition) is 8. The van der Waals surface area contributed by atoms with E-state index in [9.17, 15) is 36.1 Å². The highest BCUT2D eigenvalue weighted by atomic mass is 127. The van der Waals surface area contributed by atoms with Crippen LogP contribution in [-0.2, 0) is 14.9 Å². The second kappa shape index (κ2) is 14.5. The maximum atomic E-state index is 13.6. The molecule has 1 N–H and O–H groups in total. The Bertz CT molecular complexity index is 1690. The molecule has 41 heavy (non-hydrogen) atoms. The summed E-state index contributed by atoms with van der Waals surface area (Å²) in [4.78, 5) is 38.8. The van der Waals surface area contributed by atoms with Crippen LogP contribution in [0, 0.1) is 21.4 Å². The fourth-order valence-corrected chi connectivity index (χ4v) is 7.91. The topological polar surface area (TPSA) is 139 Å². The van der Waals surface area contributed by atoms with Crippen molar-refractivity contribution >= 4 is 169 Å². The van der Waals surface area contributed by atoms with Gasteiger partial charge >= 0.3 is 17.2 Å². The number of amides is 1. The molecule has 3 aromatic rings. The fourth-order valence-electron chi connectivity index (χ4n) is 2.93. The number of alkyl halides is 2. The summed E-state index contributed by atoms with van der Waals surface area (Å²) in [6.45, 7) is -2.06. The van der Waals surface area contributed by atoms with Crippen LogP contribution < -0.4 is 10.1 Å². The first-order valence-corrected chi connectivity index (χ1v) is 18.3. The molecule has 1 amide bonds. The van der Waals surface area contributed by atoms with Gasteiger partial charge in [0, 0.05) is 33.2 Å². The Balaban J connectivity index is 2.00. The number of hydrogen-bond donors (Lipinski definition) is 1. The molecule has 3 aromatic carbocycles. The van der Waals surface area contributed by atoms with Crippen LogP contribution in [0.4, 0.5) is 14.5 Å². The van der Waals surface area contributed by atoms with E-state index in [1.807, 2.05) is 102 Å². The van der Waals surface area contributed by atoms with E-state index in [0.717, 1.165) is 22.8 Å². The quantitative estimate of drug-likeness (QED) is 0.0831. The Morgan fingerprint density at radius 2 is 1.34 bits per heavy atom. The largest absolute Gasteiger partial charge is 0.743 e. The lowest BCUT2D eigenvalue weighted by Crippen LogP contribution is -2.34. The number of carbonyl (C=O) groups is 3. The molecule has 0 atom stereocenters. The molecule has 9 nitrogen and oxygen atoms in total. The van der Waals surface area contributed by atoms with Crippen LogP contribution in [0.1, 0.15) is 31.1 Å². The van der Waals surface area contributed by atoms with Gasteiger partial charge < -0.3 is 19.3 Å². The Morgan fingerprint density at radius 1 is 0.805 bits per heavy atom. The van der Waals surface area contributed by atoms with Crippen LogP contribution in [0.3, 0.4) is 0 Å². The molecule has 218 valence electrons. The van der Waals surface area contributed by atoms with E-state index < -0.39 is 51.1 Å². The molecule has 0 aliphatic heterocycles. The standard InChI is InChI=1S/C23H11F2I6NO8S/c24-23(25,41(36,37)38)8-39-21(34)12-2-1-11(32-20(33)13-3-9(26)5-15(28)18(13)30)7-17(12)40-22(35)14-4-10(27)6-16(29)19(14)31/h1-7H,8H2,(H,32,33)(H,36,37,38)/p-1. The number of benzene rings is 3. The van der Waals surface area contributed by atoms with Gasteiger partial charge in [-0.2, -0.15) is 8.78 Å². The van der Waals surface area contributed by atoms with E-state index in [-0.39, 0.29) is 11.3 Å². The van der Waals surface area contributed by atoms with Gasteiger partial charge in [0.15, 0.2) is 16.7 Å². The molecule has 0 heterocycles. The molecular weight excluding hydrogens is 1250 g/mol. The third kappa shape index (κ3) is 9.13. The molecule has 0 unspecified atom stereocenters. The molecule has 0 aliphatic carbocycles. The molecule has 3 rings (SSSR count). The van der Waals surface area contributed by atoms with E-state index >= 15 is 0 Å². The molecule has 0 fully saturated rings. The highest BCUT2D eigenvalue weighted by molar-refractivity contribution is 14.1. The van der Waals surface area contributed by atoms with Crippen molar-refractivity contribution in [1.82, 2.24) is 0 Å². The Morgan fingerprint density at radius 3 is 1.90 bits per heavy atom. The molecule has 0 saturated heterocycles. The number of rotatable bonds is 8. The van der Waals surface area contributed by atoms with Gasteiger partial charge in [-0.15, -0.1) is 0 Å². The van der Waals surface area contributed by atoms with Gasteiger partial charge in [0.1, 0.15) is 11.3 Å². The van der Waals surface area contributed by atoms with Crippen molar-refractivity contribution < 1.29 is 45.6 Å². The van der Waals surface area contributed by atoms with Crippen molar-refractivity contribution in [2.45, 2.75) is 5.25 Å². The summed E-state index contributed by atoms with van der Waals surface area (Å²) in [5.41, 5.74) is 0.0400. The van der Waals surface area contributed by atoms with Gasteiger partial charge in [-0.3, -0.25) is 4.79 Å². The number of ether oxygens (including phenoxy) is 2. The zero-order valence-corrected chi connectivity index (χ0v) is 33.2. The minimum absolute atomic E-state index is 0.0819. The molecule has 0 bridgehead atoms. The zero-order valence-electron chi connectivity index (χ0n) is 19.4. The highest BCUT2D eigenvalue weighted by Crippen LogP contribution is 2.30. The van der Waals surface area contributed by atoms with Gasteiger partial charge in [-0.1, -0.05) is 0 Å². The van der Waals surface area contributed by atoms with Crippen molar-refractivity contribution in [2.75, 3.05) is 11.9 Å². The van der Waals surface area contributed by atoms with Crippen LogP contribution >= 0.6 is 136 Å². The second-order valence-corrected chi connectivity index (χ2v) is 16.2. The summed E-state index contributed by atoms with van der Waals surface area (Å²) in [5.74, 6) is -3.39. The SMILES string of the molecule is O=C(OCC(F)(F)S(=O)(=O)[O-])c1ccc(NC(=O)c2cc(I)cc(I)c2I)cc1OC(=O)c1cc(I)cc(I)c1I. The predicted molar refractivity (Wildman–Crippen MR) is 193 cm³/mol. The third-order valence-corrected chi connectivity index (χ3v) is 13.0. The van der Waals surface area contributed by atoms with Crippen molar-refractivity contribution in [3.8, 4) is 5.75 Å². The van der Waals surface area contributed by atoms with E-state index in [1.54, 1.807) is 6.07 Å². The molecule has 0 saturated carbocycles. The number of anilines is 1. The smallest absolute Gasteiger partial charge is 0.367 e. The first kappa shape index (κ1) is 35.7. The minimum Gasteiger partial charge on any atom is -0.743 e. The van der Waals surface area contributed by atoms with Gasteiger partial charge in [0.25, 0.3) is 5.91 Å². The van der Waals surface area contributed by atoms with Crippen molar-refractivity contribution in [2.24, 2.45) is 0 Å². The number of halogens is 8. The maximum absolute atomic E-state index is 13.6. The van der Waals surface area contributed by atoms with Gasteiger partial charge in [0.2, 0.25) is 0 Å². The first-order valence-electron chi connectivity index (χ1n) is 10.4. The van der Waals surface area contributed by atoms with E-state index in [1.165, 1.54) is 12.1 Å². The van der Waals surface area contributed by atoms with Crippen molar-refractivity contribution in [1.29, 1.82) is 0 Å². The van der Waals surface area contributed by atoms with E-state index in [0.29, 0.717) is 16.3 Å². The second-order valence-electron chi connectivity index (χ2n) is 7.72. The molecule has 0 spiro atoms. The van der Waals surface area contributed by atoms with Gasteiger partial charge in [-0.25, -0.2) is 18.0 Å². The summed E-state index contributed by atoms with van der Waals surface area (Å²) >= 11 is 12.1. The van der Waals surface area contributed by atoms with Gasteiger partial charge in [0.05, 0.1) is 11.1 Å². The average Bonchev–Trinajstić information content (AvgIpc) is 2.86.